The number of hydrogen-bond acceptors (Lipinski definition) is 0. The first-order chi connectivity index (χ1) is 10.8. The van der Waals surface area contributed by atoms with Gasteiger partial charge in [-0.1, -0.05) is 135 Å². The quantitative estimate of drug-likeness (QED) is 0.176. The summed E-state index contributed by atoms with van der Waals surface area (Å²) in [5, 5.41) is 0. The van der Waals surface area contributed by atoms with Gasteiger partial charge in [0.1, 0.15) is 0 Å². The second kappa shape index (κ2) is 19.3. The smallest absolute Gasteiger partial charge is 0.0305 e. The van der Waals surface area contributed by atoms with Crippen molar-refractivity contribution in [3.05, 3.63) is 0 Å². The van der Waals surface area contributed by atoms with Crippen molar-refractivity contribution in [2.45, 2.75) is 135 Å². The average Bonchev–Trinajstić information content (AvgIpc) is 2.50. The molecule has 0 nitrogen and oxygen atoms in total. The van der Waals surface area contributed by atoms with Crippen LogP contribution >= 0.6 is 0 Å². The summed E-state index contributed by atoms with van der Waals surface area (Å²) in [5.74, 6) is 0. The molecule has 0 fully saturated rings. The minimum atomic E-state index is -0.265. The molecular weight excluding hydrogens is 280 g/mol. The Labute approximate surface area is 144 Å². The molecule has 0 amide bonds. The number of hydrogen-bond donors (Lipinski definition) is 0. The molecule has 0 radical (unpaired) electrons. The molecule has 134 valence electrons. The lowest BCUT2D eigenvalue weighted by atomic mass is 10.0. The van der Waals surface area contributed by atoms with Crippen molar-refractivity contribution in [2.75, 3.05) is 0 Å². The number of unbranched alkanes of at least 4 members (excludes halogenated alkanes) is 16. The van der Waals surface area contributed by atoms with Crippen LogP contribution < -0.4 is 0 Å². The van der Waals surface area contributed by atoms with Gasteiger partial charge in [-0.3, -0.25) is 0 Å². The highest BCUT2D eigenvalue weighted by atomic mass is 28.3. The van der Waals surface area contributed by atoms with E-state index in [1.54, 1.807) is 6.04 Å². The predicted molar refractivity (Wildman–Crippen MR) is 108 cm³/mol. The van der Waals surface area contributed by atoms with Crippen LogP contribution in [0.1, 0.15) is 116 Å². The van der Waals surface area contributed by atoms with E-state index in [1.807, 2.05) is 0 Å². The van der Waals surface area contributed by atoms with Crippen molar-refractivity contribution in [1.29, 1.82) is 0 Å². The lowest BCUT2D eigenvalue weighted by Gasteiger charge is -2.04. The highest BCUT2D eigenvalue weighted by Crippen LogP contribution is 2.14. The molecular formula is C21H46Si. The Morgan fingerprint density at radius 3 is 0.955 bits per heavy atom. The van der Waals surface area contributed by atoms with Crippen molar-refractivity contribution in [2.24, 2.45) is 0 Å². The van der Waals surface area contributed by atoms with E-state index in [1.165, 1.54) is 109 Å². The molecule has 0 saturated heterocycles. The summed E-state index contributed by atoms with van der Waals surface area (Å²) in [6, 6.07) is 1.57. The zero-order valence-electron chi connectivity index (χ0n) is 16.3. The Morgan fingerprint density at radius 2 is 0.682 bits per heavy atom. The van der Waals surface area contributed by atoms with Gasteiger partial charge in [0.15, 0.2) is 0 Å². The highest BCUT2D eigenvalue weighted by molar-refractivity contribution is 6.55. The van der Waals surface area contributed by atoms with Gasteiger partial charge in [-0.15, -0.1) is 0 Å². The second-order valence-corrected chi connectivity index (χ2v) is 11.2. The Morgan fingerprint density at radius 1 is 0.409 bits per heavy atom. The van der Waals surface area contributed by atoms with Crippen molar-refractivity contribution in [3.63, 3.8) is 0 Å². The van der Waals surface area contributed by atoms with Gasteiger partial charge in [0, 0.05) is 8.80 Å². The standard InChI is InChI=1S/C21H46Si/c1-4-5-6-7-8-9-10-11-12-13-14-15-16-17-18-19-20-21-22(2)3/h22H,4-21H2,1-3H3. The fraction of sp³-hybridized carbons (Fsp3) is 1.00. The summed E-state index contributed by atoms with van der Waals surface area (Å²) in [6.07, 6.45) is 25.2. The van der Waals surface area contributed by atoms with E-state index in [9.17, 15) is 0 Å². The zero-order chi connectivity index (χ0) is 16.3. The van der Waals surface area contributed by atoms with Gasteiger partial charge in [-0.05, 0) is 0 Å². The van der Waals surface area contributed by atoms with Crippen LogP contribution in [0, 0.1) is 0 Å². The van der Waals surface area contributed by atoms with Gasteiger partial charge in [-0.2, -0.15) is 0 Å². The molecule has 0 spiro atoms. The second-order valence-electron chi connectivity index (χ2n) is 7.84. The fourth-order valence-electron chi connectivity index (χ4n) is 3.28. The van der Waals surface area contributed by atoms with Gasteiger partial charge < -0.3 is 0 Å². The first kappa shape index (κ1) is 22.2. The van der Waals surface area contributed by atoms with E-state index in [-0.39, 0.29) is 8.80 Å². The summed E-state index contributed by atoms with van der Waals surface area (Å²) < 4.78 is 0. The van der Waals surface area contributed by atoms with Gasteiger partial charge in [-0.25, -0.2) is 0 Å². The van der Waals surface area contributed by atoms with Gasteiger partial charge in [0.05, 0.1) is 0 Å². The summed E-state index contributed by atoms with van der Waals surface area (Å²) in [7, 11) is -0.265. The monoisotopic (exact) mass is 326 g/mol. The number of rotatable bonds is 18. The van der Waals surface area contributed by atoms with Gasteiger partial charge in [0.2, 0.25) is 0 Å². The molecule has 0 unspecified atom stereocenters. The third kappa shape index (κ3) is 20.2. The lowest BCUT2D eigenvalue weighted by Crippen LogP contribution is -1.97. The Kier molecular flexibility index (Phi) is 19.5. The highest BCUT2D eigenvalue weighted by Gasteiger charge is 1.96. The molecule has 1 heteroatoms. The fourth-order valence-corrected chi connectivity index (χ4v) is 4.38. The Balaban J connectivity index is 2.94. The van der Waals surface area contributed by atoms with E-state index < -0.39 is 0 Å². The van der Waals surface area contributed by atoms with Crippen LogP contribution in [-0.4, -0.2) is 8.80 Å². The van der Waals surface area contributed by atoms with Crippen LogP contribution in [0.3, 0.4) is 0 Å². The van der Waals surface area contributed by atoms with Crippen molar-refractivity contribution < 1.29 is 0 Å². The SMILES string of the molecule is CCCCCCCCCCCCCCCCCCC[SiH](C)C. The molecule has 0 aromatic rings. The molecule has 0 bridgehead atoms. The zero-order valence-corrected chi connectivity index (χ0v) is 17.5. The van der Waals surface area contributed by atoms with Crippen molar-refractivity contribution in [1.82, 2.24) is 0 Å². The topological polar surface area (TPSA) is 0 Å². The average molecular weight is 327 g/mol. The van der Waals surface area contributed by atoms with Gasteiger partial charge >= 0.3 is 0 Å². The Bertz CT molecular complexity index is 188. The van der Waals surface area contributed by atoms with Crippen molar-refractivity contribution in [3.8, 4) is 0 Å². The van der Waals surface area contributed by atoms with E-state index in [0.29, 0.717) is 0 Å². The minimum absolute atomic E-state index is 0.265. The molecule has 0 atom stereocenters. The molecule has 0 aromatic heterocycles. The molecule has 0 aromatic carbocycles. The molecule has 22 heavy (non-hydrogen) atoms. The third-order valence-corrected chi connectivity index (χ3v) is 6.45. The Hall–Kier alpha value is 0.217. The summed E-state index contributed by atoms with van der Waals surface area (Å²) in [5.41, 5.74) is 0. The van der Waals surface area contributed by atoms with Crippen LogP contribution in [0.15, 0.2) is 0 Å². The maximum Gasteiger partial charge on any atom is 0.0305 e. The molecule has 0 N–H and O–H groups in total. The van der Waals surface area contributed by atoms with Crippen LogP contribution in [-0.2, 0) is 0 Å². The third-order valence-electron chi connectivity index (χ3n) is 4.89. The molecule has 0 aliphatic rings. The van der Waals surface area contributed by atoms with Gasteiger partial charge in [0.25, 0.3) is 0 Å². The van der Waals surface area contributed by atoms with Crippen molar-refractivity contribution >= 4 is 8.80 Å². The normalized spacial score (nSPS) is 11.5. The van der Waals surface area contributed by atoms with Crippen LogP contribution in [0.2, 0.25) is 19.1 Å². The molecule has 0 aliphatic carbocycles. The van der Waals surface area contributed by atoms with E-state index in [2.05, 4.69) is 20.0 Å². The molecule has 0 heterocycles. The van der Waals surface area contributed by atoms with Crippen LogP contribution in [0.4, 0.5) is 0 Å². The first-order valence-electron chi connectivity index (χ1n) is 10.8. The van der Waals surface area contributed by atoms with E-state index in [4.69, 9.17) is 0 Å². The maximum absolute atomic E-state index is 2.48. The summed E-state index contributed by atoms with van der Waals surface area (Å²) >= 11 is 0. The first-order valence-corrected chi connectivity index (χ1v) is 13.9. The maximum atomic E-state index is 2.48. The predicted octanol–water partition coefficient (Wildman–Crippen LogP) is 8.12. The lowest BCUT2D eigenvalue weighted by molar-refractivity contribution is 0.528. The van der Waals surface area contributed by atoms with E-state index in [0.717, 1.165) is 0 Å². The molecule has 0 saturated carbocycles. The summed E-state index contributed by atoms with van der Waals surface area (Å²) in [6.45, 7) is 7.26. The largest absolute Gasteiger partial charge is 0.0722 e. The molecule has 0 aliphatic heterocycles. The minimum Gasteiger partial charge on any atom is -0.0722 e. The van der Waals surface area contributed by atoms with E-state index >= 15 is 0 Å². The summed E-state index contributed by atoms with van der Waals surface area (Å²) in [4.78, 5) is 0. The molecule has 0 rings (SSSR count). The van der Waals surface area contributed by atoms with Crippen LogP contribution in [0.25, 0.3) is 0 Å². The van der Waals surface area contributed by atoms with Crippen LogP contribution in [0.5, 0.6) is 0 Å².